The number of carbonyl (C=O) groups is 2. The number of carboxylic acid groups (broad SMARTS) is 1. The summed E-state index contributed by atoms with van der Waals surface area (Å²) in [5.41, 5.74) is 3.30. The second kappa shape index (κ2) is 14.3. The number of benzene rings is 3. The molecule has 1 atom stereocenters. The van der Waals surface area contributed by atoms with E-state index in [4.69, 9.17) is 16.6 Å². The van der Waals surface area contributed by atoms with Gasteiger partial charge in [0.2, 0.25) is 0 Å². The Bertz CT molecular complexity index is 1480. The average molecular weight is 601 g/mol. The fourth-order valence-corrected chi connectivity index (χ4v) is 6.16. The van der Waals surface area contributed by atoms with E-state index in [2.05, 4.69) is 39.5 Å². The van der Waals surface area contributed by atoms with Crippen molar-refractivity contribution in [2.75, 3.05) is 23.7 Å². The Morgan fingerprint density at radius 3 is 2.21 bits per heavy atom. The van der Waals surface area contributed by atoms with Crippen molar-refractivity contribution in [3.8, 4) is 11.4 Å². The van der Waals surface area contributed by atoms with Crippen molar-refractivity contribution in [2.24, 2.45) is 5.92 Å². The Hall–Kier alpha value is -3.88. The van der Waals surface area contributed by atoms with Crippen molar-refractivity contribution in [2.45, 2.75) is 31.1 Å². The number of hydrogen-bond acceptors (Lipinski definition) is 6. The molecular formula is C33H33ClN4O3S. The Morgan fingerprint density at radius 2 is 1.57 bits per heavy atom. The molecule has 0 unspecified atom stereocenters. The van der Waals surface area contributed by atoms with Crippen LogP contribution in [0.3, 0.4) is 0 Å². The lowest BCUT2D eigenvalue weighted by atomic mass is 9.90. The van der Waals surface area contributed by atoms with Gasteiger partial charge in [-0.3, -0.25) is 4.79 Å². The average Bonchev–Trinajstić information content (AvgIpc) is 3.02. The van der Waals surface area contributed by atoms with Crippen LogP contribution < -0.4 is 10.2 Å². The molecule has 1 amide bonds. The topological polar surface area (TPSA) is 95.4 Å². The van der Waals surface area contributed by atoms with Crippen molar-refractivity contribution in [1.29, 1.82) is 0 Å². The van der Waals surface area contributed by atoms with E-state index in [1.54, 1.807) is 18.2 Å². The molecule has 1 aliphatic rings. The van der Waals surface area contributed by atoms with E-state index in [1.807, 2.05) is 48.5 Å². The van der Waals surface area contributed by atoms with E-state index >= 15 is 0 Å². The van der Waals surface area contributed by atoms with Crippen LogP contribution in [0.25, 0.3) is 11.4 Å². The highest BCUT2D eigenvalue weighted by Crippen LogP contribution is 2.27. The second-order valence-corrected chi connectivity index (χ2v) is 11.9. The number of rotatable bonds is 11. The lowest BCUT2D eigenvalue weighted by Crippen LogP contribution is -2.43. The molecule has 0 bridgehead atoms. The van der Waals surface area contributed by atoms with Crippen LogP contribution in [-0.4, -0.2) is 51.8 Å². The second-order valence-electron chi connectivity index (χ2n) is 10.4. The van der Waals surface area contributed by atoms with Gasteiger partial charge < -0.3 is 15.3 Å². The van der Waals surface area contributed by atoms with Crippen LogP contribution in [0.5, 0.6) is 0 Å². The van der Waals surface area contributed by atoms with Crippen molar-refractivity contribution in [1.82, 2.24) is 15.3 Å². The zero-order valence-electron chi connectivity index (χ0n) is 23.2. The highest BCUT2D eigenvalue weighted by atomic mass is 35.5. The molecule has 1 fully saturated rings. The predicted molar refractivity (Wildman–Crippen MR) is 169 cm³/mol. The molecule has 216 valence electrons. The van der Waals surface area contributed by atoms with Gasteiger partial charge in [0, 0.05) is 41.2 Å². The fraction of sp³-hybridized carbons (Fsp3) is 0.273. The first-order valence-corrected chi connectivity index (χ1v) is 15.6. The molecule has 0 spiro atoms. The minimum absolute atomic E-state index is 0.135. The van der Waals surface area contributed by atoms with E-state index in [0.29, 0.717) is 28.3 Å². The SMILES string of the molecule is O=C(N[C@@H](CSCc1ccccc1)C(=O)O)c1cc(N2CCC(Cc3ccccc3)CC2)nc(-c2ccc(Cl)cc2)n1. The van der Waals surface area contributed by atoms with Gasteiger partial charge >= 0.3 is 5.97 Å². The van der Waals surface area contributed by atoms with Crippen molar-refractivity contribution < 1.29 is 14.7 Å². The van der Waals surface area contributed by atoms with E-state index in [0.717, 1.165) is 43.5 Å². The molecule has 7 nitrogen and oxygen atoms in total. The third-order valence-electron chi connectivity index (χ3n) is 7.35. The van der Waals surface area contributed by atoms with Crippen LogP contribution >= 0.6 is 23.4 Å². The molecule has 0 radical (unpaired) electrons. The minimum atomic E-state index is -1.09. The smallest absolute Gasteiger partial charge is 0.327 e. The van der Waals surface area contributed by atoms with Gasteiger partial charge in [-0.1, -0.05) is 72.3 Å². The summed E-state index contributed by atoms with van der Waals surface area (Å²) in [6.07, 6.45) is 3.06. The first kappa shape index (κ1) is 29.6. The number of halogens is 1. The van der Waals surface area contributed by atoms with Crippen LogP contribution in [0.1, 0.15) is 34.5 Å². The zero-order chi connectivity index (χ0) is 29.3. The van der Waals surface area contributed by atoms with E-state index in [9.17, 15) is 14.7 Å². The van der Waals surface area contributed by atoms with Crippen LogP contribution in [0.15, 0.2) is 91.0 Å². The van der Waals surface area contributed by atoms with Gasteiger partial charge in [0.1, 0.15) is 17.6 Å². The number of nitrogens with one attached hydrogen (secondary N) is 1. The number of anilines is 1. The molecule has 42 heavy (non-hydrogen) atoms. The largest absolute Gasteiger partial charge is 0.480 e. The number of thioether (sulfide) groups is 1. The fourth-order valence-electron chi connectivity index (χ4n) is 5.03. The van der Waals surface area contributed by atoms with Crippen molar-refractivity contribution in [3.63, 3.8) is 0 Å². The van der Waals surface area contributed by atoms with Gasteiger partial charge in [0.05, 0.1) is 0 Å². The van der Waals surface area contributed by atoms with Crippen LogP contribution in [0, 0.1) is 5.92 Å². The third-order valence-corrected chi connectivity index (χ3v) is 8.71. The summed E-state index contributed by atoms with van der Waals surface area (Å²) in [5.74, 6) is 0.881. The van der Waals surface area contributed by atoms with E-state index in [-0.39, 0.29) is 11.4 Å². The molecule has 2 heterocycles. The van der Waals surface area contributed by atoms with E-state index in [1.165, 1.54) is 17.3 Å². The van der Waals surface area contributed by atoms with Crippen molar-refractivity contribution in [3.05, 3.63) is 113 Å². The maximum absolute atomic E-state index is 13.4. The van der Waals surface area contributed by atoms with Crippen molar-refractivity contribution >= 4 is 41.1 Å². The summed E-state index contributed by atoms with van der Waals surface area (Å²) in [4.78, 5) is 37.0. The number of amides is 1. The summed E-state index contributed by atoms with van der Waals surface area (Å²) in [6.45, 7) is 1.62. The number of aromatic nitrogens is 2. The highest BCUT2D eigenvalue weighted by molar-refractivity contribution is 7.98. The maximum Gasteiger partial charge on any atom is 0.327 e. The number of nitrogens with zero attached hydrogens (tertiary/aromatic N) is 3. The number of piperidine rings is 1. The Kier molecular flexibility index (Phi) is 10.1. The molecule has 2 N–H and O–H groups in total. The quantitative estimate of drug-likeness (QED) is 0.206. The van der Waals surface area contributed by atoms with Gasteiger partial charge in [-0.2, -0.15) is 11.8 Å². The number of aliphatic carboxylic acids is 1. The molecule has 1 aliphatic heterocycles. The summed E-state index contributed by atoms with van der Waals surface area (Å²) < 4.78 is 0. The summed E-state index contributed by atoms with van der Waals surface area (Å²) >= 11 is 7.56. The minimum Gasteiger partial charge on any atom is -0.480 e. The normalized spacial score (nSPS) is 14.4. The standard InChI is InChI=1S/C33H33ClN4O3S/c34-27-13-11-26(12-14-27)31-35-28(32(39)36-29(33(40)41)22-42-21-25-9-5-2-6-10-25)20-30(37-31)38-17-15-24(16-18-38)19-23-7-3-1-4-8-23/h1-14,20,24,29H,15-19,21-22H2,(H,36,39)(H,40,41)/t29-/m0/s1. The van der Waals surface area contributed by atoms with Crippen LogP contribution in [0.4, 0.5) is 5.82 Å². The lowest BCUT2D eigenvalue weighted by molar-refractivity contribution is -0.138. The lowest BCUT2D eigenvalue weighted by Gasteiger charge is -2.33. The summed E-state index contributed by atoms with van der Waals surface area (Å²) in [5, 5.41) is 13.1. The molecule has 0 aliphatic carbocycles. The molecule has 5 rings (SSSR count). The Morgan fingerprint density at radius 1 is 0.929 bits per heavy atom. The Labute approximate surface area is 255 Å². The molecule has 9 heteroatoms. The third kappa shape index (κ3) is 8.11. The first-order chi connectivity index (χ1) is 20.4. The number of hydrogen-bond donors (Lipinski definition) is 2. The molecule has 1 aromatic heterocycles. The van der Waals surface area contributed by atoms with Gasteiger partial charge in [0.15, 0.2) is 5.82 Å². The first-order valence-electron chi connectivity index (χ1n) is 14.0. The molecular weight excluding hydrogens is 568 g/mol. The van der Waals surface area contributed by atoms with E-state index < -0.39 is 17.9 Å². The highest BCUT2D eigenvalue weighted by Gasteiger charge is 2.25. The number of carboxylic acids is 1. The molecule has 4 aromatic rings. The maximum atomic E-state index is 13.4. The van der Waals surface area contributed by atoms with Gasteiger partial charge in [-0.25, -0.2) is 14.8 Å². The van der Waals surface area contributed by atoms with Gasteiger partial charge in [-0.15, -0.1) is 0 Å². The summed E-state index contributed by atoms with van der Waals surface area (Å²) in [6, 6.07) is 28.1. The van der Waals surface area contributed by atoms with Gasteiger partial charge in [0.25, 0.3) is 5.91 Å². The zero-order valence-corrected chi connectivity index (χ0v) is 24.7. The predicted octanol–water partition coefficient (Wildman–Crippen LogP) is 6.37. The van der Waals surface area contributed by atoms with Crippen LogP contribution in [-0.2, 0) is 17.0 Å². The van der Waals surface area contributed by atoms with Gasteiger partial charge in [-0.05, 0) is 60.6 Å². The Balaban J connectivity index is 1.31. The molecule has 3 aromatic carbocycles. The van der Waals surface area contributed by atoms with Crippen LogP contribution in [0.2, 0.25) is 5.02 Å². The number of carbonyl (C=O) groups excluding carboxylic acids is 1. The molecule has 1 saturated heterocycles. The summed E-state index contributed by atoms with van der Waals surface area (Å²) in [7, 11) is 0. The monoisotopic (exact) mass is 600 g/mol. The molecule has 0 saturated carbocycles.